The highest BCUT2D eigenvalue weighted by Gasteiger charge is 2.09. The molecule has 0 aliphatic rings. The van der Waals surface area contributed by atoms with E-state index in [2.05, 4.69) is 26.0 Å². The summed E-state index contributed by atoms with van der Waals surface area (Å²) in [4.78, 5) is 22.6. The number of carbonyl (C=O) groups excluding carboxylic acids is 1. The second kappa shape index (κ2) is 34.2. The Hall–Kier alpha value is -1.32. The molecule has 0 rings (SSSR count). The van der Waals surface area contributed by atoms with Crippen molar-refractivity contribution in [3.05, 3.63) is 12.2 Å². The molecule has 0 aromatic rings. The minimum Gasteiger partial charge on any atom is -0.481 e. The summed E-state index contributed by atoms with van der Waals surface area (Å²) in [6, 6.07) is 0. The largest absolute Gasteiger partial charge is 0.481 e. The van der Waals surface area contributed by atoms with Gasteiger partial charge >= 0.3 is 11.9 Å². The summed E-state index contributed by atoms with van der Waals surface area (Å²) >= 11 is 0. The highest BCUT2D eigenvalue weighted by atomic mass is 16.5. The number of unbranched alkanes of at least 4 members (excludes halogenated alkanes) is 25. The number of carbonyl (C=O) groups is 2. The average molecular weight is 593 g/mol. The number of carboxylic acid groups (broad SMARTS) is 1. The van der Waals surface area contributed by atoms with Gasteiger partial charge in [-0.1, -0.05) is 154 Å². The van der Waals surface area contributed by atoms with E-state index in [1.807, 2.05) is 0 Å². The van der Waals surface area contributed by atoms with E-state index in [0.29, 0.717) is 12.8 Å². The molecule has 4 nitrogen and oxygen atoms in total. The van der Waals surface area contributed by atoms with E-state index in [1.165, 1.54) is 148 Å². The SMILES string of the molecule is CCCCCCCC/C=C\CCCCCCCC(=O)OC(C)CCCCCCCCCCCCCCCCCC(=O)O. The van der Waals surface area contributed by atoms with Gasteiger partial charge in [-0.25, -0.2) is 0 Å². The third-order valence-electron chi connectivity index (χ3n) is 8.48. The van der Waals surface area contributed by atoms with Gasteiger partial charge in [0, 0.05) is 12.8 Å². The van der Waals surface area contributed by atoms with Crippen molar-refractivity contribution in [3.63, 3.8) is 0 Å². The van der Waals surface area contributed by atoms with Crippen LogP contribution in [-0.2, 0) is 14.3 Å². The summed E-state index contributed by atoms with van der Waals surface area (Å²) in [6.45, 7) is 4.33. The van der Waals surface area contributed by atoms with Gasteiger partial charge in [0.2, 0.25) is 0 Å². The average Bonchev–Trinajstić information content (AvgIpc) is 2.96. The summed E-state index contributed by atoms with van der Waals surface area (Å²) in [5, 5.41) is 8.64. The van der Waals surface area contributed by atoms with Crippen molar-refractivity contribution in [2.24, 2.45) is 0 Å². The monoisotopic (exact) mass is 593 g/mol. The smallest absolute Gasteiger partial charge is 0.306 e. The van der Waals surface area contributed by atoms with Crippen LogP contribution in [0.25, 0.3) is 0 Å². The Bertz CT molecular complexity index is 600. The van der Waals surface area contributed by atoms with Gasteiger partial charge in [0.25, 0.3) is 0 Å². The first-order valence-electron chi connectivity index (χ1n) is 18.6. The van der Waals surface area contributed by atoms with Crippen LogP contribution in [0.1, 0.15) is 213 Å². The zero-order valence-electron chi connectivity index (χ0n) is 28.3. The van der Waals surface area contributed by atoms with Gasteiger partial charge in [-0.3, -0.25) is 9.59 Å². The molecule has 42 heavy (non-hydrogen) atoms. The molecule has 1 atom stereocenters. The lowest BCUT2D eigenvalue weighted by atomic mass is 10.0. The first-order chi connectivity index (χ1) is 20.6. The molecule has 0 spiro atoms. The molecule has 0 fully saturated rings. The molecule has 0 aliphatic carbocycles. The third-order valence-corrected chi connectivity index (χ3v) is 8.48. The molecule has 0 saturated heterocycles. The molecule has 0 saturated carbocycles. The van der Waals surface area contributed by atoms with Crippen molar-refractivity contribution < 1.29 is 19.4 Å². The highest BCUT2D eigenvalue weighted by molar-refractivity contribution is 5.69. The Morgan fingerprint density at radius 1 is 0.524 bits per heavy atom. The summed E-state index contributed by atoms with van der Waals surface area (Å²) in [6.07, 6.45) is 42.1. The number of hydrogen-bond acceptors (Lipinski definition) is 3. The van der Waals surface area contributed by atoms with Crippen LogP contribution in [0, 0.1) is 0 Å². The van der Waals surface area contributed by atoms with Gasteiger partial charge in [-0.15, -0.1) is 0 Å². The first kappa shape index (κ1) is 40.7. The van der Waals surface area contributed by atoms with E-state index in [0.717, 1.165) is 38.5 Å². The normalized spacial score (nSPS) is 12.2. The molecular weight excluding hydrogens is 520 g/mol. The number of esters is 1. The van der Waals surface area contributed by atoms with Crippen molar-refractivity contribution in [2.45, 2.75) is 219 Å². The summed E-state index contributed by atoms with van der Waals surface area (Å²) < 4.78 is 5.63. The summed E-state index contributed by atoms with van der Waals surface area (Å²) in [5.74, 6) is -0.669. The molecule has 0 aromatic heterocycles. The quantitative estimate of drug-likeness (QED) is 0.0458. The Kier molecular flexibility index (Phi) is 33.1. The lowest BCUT2D eigenvalue weighted by Gasteiger charge is -2.13. The second-order valence-electron chi connectivity index (χ2n) is 12.9. The summed E-state index contributed by atoms with van der Waals surface area (Å²) in [7, 11) is 0. The third kappa shape index (κ3) is 34.9. The maximum absolute atomic E-state index is 12.1. The topological polar surface area (TPSA) is 63.6 Å². The van der Waals surface area contributed by atoms with Crippen LogP contribution in [0.15, 0.2) is 12.2 Å². The molecular formula is C38H72O4. The standard InChI is InChI=1S/C38H72O4/c1-3-4-5-6-7-8-9-10-12-17-20-23-26-29-32-35-38(41)42-36(2)33-30-27-24-21-18-15-13-11-14-16-19-22-25-28-31-34-37(39)40/h10,12,36H,3-9,11,13-35H2,1-2H3,(H,39,40)/b12-10-. The molecule has 0 amide bonds. The minimum atomic E-state index is -0.665. The first-order valence-corrected chi connectivity index (χ1v) is 18.6. The molecule has 1 unspecified atom stereocenters. The number of allylic oxidation sites excluding steroid dienone is 2. The number of hydrogen-bond donors (Lipinski definition) is 1. The molecule has 0 aliphatic heterocycles. The number of rotatable bonds is 34. The van der Waals surface area contributed by atoms with Gasteiger partial charge in [0.1, 0.15) is 0 Å². The van der Waals surface area contributed by atoms with Crippen LogP contribution in [0.5, 0.6) is 0 Å². The van der Waals surface area contributed by atoms with Crippen LogP contribution in [-0.4, -0.2) is 23.1 Å². The van der Waals surface area contributed by atoms with Gasteiger partial charge < -0.3 is 9.84 Å². The number of carboxylic acids is 1. The fraction of sp³-hybridized carbons (Fsp3) is 0.895. The van der Waals surface area contributed by atoms with E-state index < -0.39 is 5.97 Å². The Balaban J connectivity index is 3.31. The highest BCUT2D eigenvalue weighted by Crippen LogP contribution is 2.16. The van der Waals surface area contributed by atoms with E-state index in [-0.39, 0.29) is 12.1 Å². The zero-order chi connectivity index (χ0) is 30.8. The van der Waals surface area contributed by atoms with Crippen LogP contribution in [0.4, 0.5) is 0 Å². The minimum absolute atomic E-state index is 0.00383. The van der Waals surface area contributed by atoms with E-state index >= 15 is 0 Å². The molecule has 0 aromatic carbocycles. The Morgan fingerprint density at radius 2 is 0.881 bits per heavy atom. The van der Waals surface area contributed by atoms with E-state index in [4.69, 9.17) is 9.84 Å². The Morgan fingerprint density at radius 3 is 1.31 bits per heavy atom. The van der Waals surface area contributed by atoms with Gasteiger partial charge in [-0.2, -0.15) is 0 Å². The molecule has 0 heterocycles. The number of aliphatic carboxylic acids is 1. The lowest BCUT2D eigenvalue weighted by Crippen LogP contribution is -2.14. The van der Waals surface area contributed by atoms with Crippen molar-refractivity contribution in [1.29, 1.82) is 0 Å². The van der Waals surface area contributed by atoms with Crippen LogP contribution in [0.2, 0.25) is 0 Å². The van der Waals surface area contributed by atoms with Crippen molar-refractivity contribution in [3.8, 4) is 0 Å². The Labute approximate surface area is 262 Å². The second-order valence-corrected chi connectivity index (χ2v) is 12.9. The van der Waals surface area contributed by atoms with Crippen molar-refractivity contribution in [2.75, 3.05) is 0 Å². The fourth-order valence-electron chi connectivity index (χ4n) is 5.69. The molecule has 0 bridgehead atoms. The maximum atomic E-state index is 12.1. The number of ether oxygens (including phenoxy) is 1. The predicted molar refractivity (Wildman–Crippen MR) is 181 cm³/mol. The summed E-state index contributed by atoms with van der Waals surface area (Å²) in [5.41, 5.74) is 0. The van der Waals surface area contributed by atoms with Crippen LogP contribution in [0.3, 0.4) is 0 Å². The fourth-order valence-corrected chi connectivity index (χ4v) is 5.69. The molecule has 248 valence electrons. The van der Waals surface area contributed by atoms with Gasteiger partial charge in [0.15, 0.2) is 0 Å². The van der Waals surface area contributed by atoms with Crippen molar-refractivity contribution in [1.82, 2.24) is 0 Å². The van der Waals surface area contributed by atoms with Crippen molar-refractivity contribution >= 4 is 11.9 Å². The van der Waals surface area contributed by atoms with E-state index in [9.17, 15) is 9.59 Å². The molecule has 0 radical (unpaired) electrons. The van der Waals surface area contributed by atoms with Crippen LogP contribution >= 0.6 is 0 Å². The molecule has 1 N–H and O–H groups in total. The lowest BCUT2D eigenvalue weighted by molar-refractivity contribution is -0.148. The van der Waals surface area contributed by atoms with Crippen LogP contribution < -0.4 is 0 Å². The predicted octanol–water partition coefficient (Wildman–Crippen LogP) is 12.7. The van der Waals surface area contributed by atoms with E-state index in [1.54, 1.807) is 0 Å². The molecule has 4 heteroatoms. The zero-order valence-corrected chi connectivity index (χ0v) is 28.3. The van der Waals surface area contributed by atoms with Gasteiger partial charge in [0.05, 0.1) is 6.10 Å². The van der Waals surface area contributed by atoms with Gasteiger partial charge in [-0.05, 0) is 58.3 Å². The maximum Gasteiger partial charge on any atom is 0.306 e.